The molecule has 0 rings (SSSR count). The van der Waals surface area contributed by atoms with Crippen LogP contribution in [-0.2, 0) is 42.2 Å². The fourth-order valence-electron chi connectivity index (χ4n) is 8.86. The molecular weight excluding hydrogens is 1000 g/mol. The molecule has 2 N–H and O–H groups in total. The minimum atomic E-state index is -4.76. The third kappa shape index (κ3) is 57.6. The molecule has 0 amide bonds. The van der Waals surface area contributed by atoms with Gasteiger partial charge in [-0.1, -0.05) is 261 Å². The number of hydrogen-bond acceptors (Lipinski definition) is 10. The number of phosphoric ester groups is 1. The lowest BCUT2D eigenvalue weighted by molar-refractivity contribution is -0.161. The van der Waals surface area contributed by atoms with Crippen molar-refractivity contribution in [1.82, 2.24) is 0 Å². The van der Waals surface area contributed by atoms with Gasteiger partial charge in [-0.15, -0.1) is 0 Å². The Morgan fingerprint density at radius 1 is 0.372 bits per heavy atom. The fraction of sp³-hybridized carbons (Fsp3) is 0.773. The van der Waals surface area contributed by atoms with E-state index in [-0.39, 0.29) is 25.9 Å². The van der Waals surface area contributed by atoms with Crippen molar-refractivity contribution in [2.45, 2.75) is 303 Å². The van der Waals surface area contributed by atoms with E-state index >= 15 is 0 Å². The summed E-state index contributed by atoms with van der Waals surface area (Å²) in [6, 6.07) is 0. The first-order valence-electron chi connectivity index (χ1n) is 31.8. The number of allylic oxidation sites excluding steroid dienone is 12. The van der Waals surface area contributed by atoms with Crippen molar-refractivity contribution in [1.29, 1.82) is 0 Å². The van der Waals surface area contributed by atoms with Gasteiger partial charge in [-0.2, -0.15) is 0 Å². The number of phosphoric acid groups is 1. The van der Waals surface area contributed by atoms with E-state index in [1.807, 2.05) is 0 Å². The van der Waals surface area contributed by atoms with Crippen molar-refractivity contribution in [3.8, 4) is 0 Å². The average Bonchev–Trinajstić information content (AvgIpc) is 3.43. The van der Waals surface area contributed by atoms with E-state index in [1.165, 1.54) is 109 Å². The van der Waals surface area contributed by atoms with E-state index in [0.29, 0.717) is 19.3 Å². The Hall–Kier alpha value is -3.08. The molecule has 3 atom stereocenters. The molecule has 452 valence electrons. The van der Waals surface area contributed by atoms with Crippen LogP contribution in [0.1, 0.15) is 290 Å². The zero-order valence-corrected chi connectivity index (χ0v) is 51.0. The van der Waals surface area contributed by atoms with Gasteiger partial charge in [0.2, 0.25) is 0 Å². The van der Waals surface area contributed by atoms with Crippen LogP contribution in [0.2, 0.25) is 0 Å². The minimum Gasteiger partial charge on any atom is -0.462 e. The largest absolute Gasteiger partial charge is 0.472 e. The maximum Gasteiger partial charge on any atom is 0.472 e. The summed E-state index contributed by atoms with van der Waals surface area (Å²) in [5.74, 6) is -1.48. The first-order chi connectivity index (χ1) is 38.2. The number of aliphatic hydroxyl groups is 1. The van der Waals surface area contributed by atoms with Gasteiger partial charge in [0.1, 0.15) is 12.7 Å². The van der Waals surface area contributed by atoms with Crippen LogP contribution in [-0.4, -0.2) is 66.5 Å². The van der Waals surface area contributed by atoms with Crippen molar-refractivity contribution in [2.75, 3.05) is 26.4 Å². The molecule has 11 nitrogen and oxygen atoms in total. The van der Waals surface area contributed by atoms with Crippen molar-refractivity contribution in [3.63, 3.8) is 0 Å². The molecular formula is C66H117O11P. The lowest BCUT2D eigenvalue weighted by Crippen LogP contribution is -2.30. The number of carbonyl (C=O) groups excluding carboxylic acids is 3. The summed E-state index contributed by atoms with van der Waals surface area (Å²) in [7, 11) is -4.76. The van der Waals surface area contributed by atoms with Gasteiger partial charge in [0, 0.05) is 19.3 Å². The molecule has 0 fully saturated rings. The van der Waals surface area contributed by atoms with Crippen LogP contribution in [0.4, 0.5) is 0 Å². The molecule has 0 aliphatic carbocycles. The first-order valence-corrected chi connectivity index (χ1v) is 33.3. The Morgan fingerprint density at radius 2 is 0.667 bits per heavy atom. The number of rotatable bonds is 59. The van der Waals surface area contributed by atoms with E-state index in [0.717, 1.165) is 122 Å². The molecule has 0 aliphatic heterocycles. The van der Waals surface area contributed by atoms with Gasteiger partial charge >= 0.3 is 25.7 Å². The van der Waals surface area contributed by atoms with Crippen LogP contribution < -0.4 is 0 Å². The molecule has 0 saturated carbocycles. The van der Waals surface area contributed by atoms with Crippen LogP contribution in [0, 0.1) is 0 Å². The Labute approximate surface area is 478 Å². The molecule has 78 heavy (non-hydrogen) atoms. The third-order valence-electron chi connectivity index (χ3n) is 13.6. The molecule has 0 saturated heterocycles. The zero-order chi connectivity index (χ0) is 56.9. The Balaban J connectivity index is 4.71. The van der Waals surface area contributed by atoms with Gasteiger partial charge in [0.05, 0.1) is 19.8 Å². The number of hydrogen-bond donors (Lipinski definition) is 2. The average molecular weight is 1120 g/mol. The van der Waals surface area contributed by atoms with Crippen LogP contribution >= 0.6 is 7.82 Å². The molecule has 0 bridgehead atoms. The van der Waals surface area contributed by atoms with E-state index in [4.69, 9.17) is 23.3 Å². The van der Waals surface area contributed by atoms with Crippen molar-refractivity contribution >= 4 is 25.7 Å². The second kappa shape index (κ2) is 60.0. The van der Waals surface area contributed by atoms with Gasteiger partial charge < -0.3 is 24.2 Å². The number of esters is 3. The standard InChI is InChI=1S/C66H117O11P/c1-4-7-10-13-16-19-22-25-28-30-31-33-36-39-42-45-48-51-54-57-66(70)77-63(59-73-64(68)55-52-49-46-43-40-37-35-32-29-26-23-20-17-14-11-8-5-2)61-75-78(71,72)74-60-62(58-67)76-65(69)56-53-50-47-44-41-38-34-27-24-21-18-15-12-9-6-3/h8-9,11-12,17-18,20-21,26-27,29,34,62-63,67H,4-7,10,13-16,19,22-25,28,30-33,35-61H2,1-3H3,(H,71,72)/b11-8-,12-9-,20-17-,21-18-,29-26-,34-27-. The molecule has 0 radical (unpaired) electrons. The third-order valence-corrected chi connectivity index (χ3v) is 14.6. The van der Waals surface area contributed by atoms with E-state index < -0.39 is 57.8 Å². The summed E-state index contributed by atoms with van der Waals surface area (Å²) in [6.45, 7) is 4.44. The monoisotopic (exact) mass is 1120 g/mol. The predicted molar refractivity (Wildman–Crippen MR) is 325 cm³/mol. The highest BCUT2D eigenvalue weighted by molar-refractivity contribution is 7.47. The maximum absolute atomic E-state index is 13.0. The van der Waals surface area contributed by atoms with Crippen LogP contribution in [0.15, 0.2) is 72.9 Å². The van der Waals surface area contributed by atoms with Crippen molar-refractivity contribution in [3.05, 3.63) is 72.9 Å². The zero-order valence-electron chi connectivity index (χ0n) is 50.1. The van der Waals surface area contributed by atoms with E-state index in [2.05, 4.69) is 93.7 Å². The van der Waals surface area contributed by atoms with Crippen LogP contribution in [0.3, 0.4) is 0 Å². The second-order valence-corrected chi connectivity index (χ2v) is 22.6. The van der Waals surface area contributed by atoms with Gasteiger partial charge in [0.25, 0.3) is 0 Å². The molecule has 3 unspecified atom stereocenters. The quantitative estimate of drug-likeness (QED) is 0.0197. The number of carbonyl (C=O) groups is 3. The summed E-state index contributed by atoms with van der Waals surface area (Å²) in [5.41, 5.74) is 0. The lowest BCUT2D eigenvalue weighted by atomic mass is 10.0. The summed E-state index contributed by atoms with van der Waals surface area (Å²) in [5, 5.41) is 9.84. The molecule has 0 aromatic rings. The van der Waals surface area contributed by atoms with Crippen LogP contribution in [0.5, 0.6) is 0 Å². The molecule has 12 heteroatoms. The number of unbranched alkanes of at least 4 members (excludes halogenated alkanes) is 30. The maximum atomic E-state index is 13.0. The van der Waals surface area contributed by atoms with Gasteiger partial charge in [0.15, 0.2) is 6.10 Å². The predicted octanol–water partition coefficient (Wildman–Crippen LogP) is 19.3. The highest BCUT2D eigenvalue weighted by Gasteiger charge is 2.28. The number of ether oxygens (including phenoxy) is 3. The Morgan fingerprint density at radius 3 is 1.03 bits per heavy atom. The second-order valence-electron chi connectivity index (χ2n) is 21.2. The summed E-state index contributed by atoms with van der Waals surface area (Å²) >= 11 is 0. The lowest BCUT2D eigenvalue weighted by Gasteiger charge is -2.21. The van der Waals surface area contributed by atoms with Crippen LogP contribution in [0.25, 0.3) is 0 Å². The fourth-order valence-corrected chi connectivity index (χ4v) is 9.64. The van der Waals surface area contributed by atoms with Crippen molar-refractivity contribution < 1.29 is 52.2 Å². The summed E-state index contributed by atoms with van der Waals surface area (Å²) in [6.07, 6.45) is 68.5. The summed E-state index contributed by atoms with van der Waals surface area (Å²) < 4.78 is 39.7. The molecule has 0 aromatic carbocycles. The topological polar surface area (TPSA) is 155 Å². The SMILES string of the molecule is CC/C=C\C/C=C\C/C=C\CCCCCCCCCC(=O)OCC(COP(=O)(O)OCC(CO)OC(=O)CCCCCCC/C=C\C/C=C\C/C=C\CC)OC(=O)CCCCCCCCCCCCCCCCCCCCC. The Kier molecular flexibility index (Phi) is 57.7. The summed E-state index contributed by atoms with van der Waals surface area (Å²) in [4.78, 5) is 48.7. The van der Waals surface area contributed by atoms with Crippen molar-refractivity contribution in [2.24, 2.45) is 0 Å². The van der Waals surface area contributed by atoms with Gasteiger partial charge in [-0.3, -0.25) is 23.4 Å². The molecule has 0 spiro atoms. The minimum absolute atomic E-state index is 0.157. The number of aliphatic hydroxyl groups excluding tert-OH is 1. The van der Waals surface area contributed by atoms with Gasteiger partial charge in [-0.25, -0.2) is 4.57 Å². The van der Waals surface area contributed by atoms with Gasteiger partial charge in [-0.05, 0) is 83.5 Å². The van der Waals surface area contributed by atoms with E-state index in [1.54, 1.807) is 0 Å². The van der Waals surface area contributed by atoms with E-state index in [9.17, 15) is 28.9 Å². The normalized spacial score (nSPS) is 13.8. The first kappa shape index (κ1) is 74.9. The smallest absolute Gasteiger partial charge is 0.462 e. The highest BCUT2D eigenvalue weighted by Crippen LogP contribution is 2.43. The Bertz CT molecular complexity index is 1590. The molecule has 0 aromatic heterocycles. The molecule has 0 aliphatic rings. The molecule has 0 heterocycles. The highest BCUT2D eigenvalue weighted by atomic mass is 31.2.